The molecule has 4 aromatic rings. The van der Waals surface area contributed by atoms with Crippen molar-refractivity contribution in [1.82, 2.24) is 3.97 Å². The van der Waals surface area contributed by atoms with Gasteiger partial charge in [-0.3, -0.25) is 4.18 Å². The van der Waals surface area contributed by atoms with Crippen molar-refractivity contribution in [3.8, 4) is 5.75 Å². The molecule has 0 bridgehead atoms. The lowest BCUT2D eigenvalue weighted by atomic mass is 10.1. The maximum Gasteiger partial charge on any atom is 0.297 e. The van der Waals surface area contributed by atoms with Crippen LogP contribution in [0.15, 0.2) is 76.5 Å². The Labute approximate surface area is 206 Å². The molecule has 1 unspecified atom stereocenters. The Balaban J connectivity index is 1.89. The number of aryl methyl sites for hydroxylation is 2. The minimum Gasteiger partial charge on any atom is -0.497 e. The van der Waals surface area contributed by atoms with E-state index in [1.54, 1.807) is 68.4 Å². The van der Waals surface area contributed by atoms with Crippen molar-refractivity contribution in [2.45, 2.75) is 43.6 Å². The van der Waals surface area contributed by atoms with Crippen LogP contribution in [-0.2, 0) is 24.3 Å². The molecule has 1 heterocycles. The Morgan fingerprint density at radius 2 is 1.31 bits per heavy atom. The van der Waals surface area contributed by atoms with E-state index in [0.717, 1.165) is 11.1 Å². The maximum absolute atomic E-state index is 13.7. The van der Waals surface area contributed by atoms with Crippen LogP contribution < -0.4 is 4.74 Å². The van der Waals surface area contributed by atoms with E-state index in [-0.39, 0.29) is 9.79 Å². The van der Waals surface area contributed by atoms with Crippen LogP contribution in [-0.4, -0.2) is 27.9 Å². The first-order valence-electron chi connectivity index (χ1n) is 11.0. The highest BCUT2D eigenvalue weighted by molar-refractivity contribution is 7.90. The molecule has 0 spiro atoms. The van der Waals surface area contributed by atoms with Gasteiger partial charge in [0.25, 0.3) is 20.1 Å². The number of rotatable bonds is 7. The highest BCUT2D eigenvalue weighted by atomic mass is 32.2. The molecule has 1 aromatic heterocycles. The zero-order valence-corrected chi connectivity index (χ0v) is 21.8. The summed E-state index contributed by atoms with van der Waals surface area (Å²) in [6.45, 7) is 6.98. The van der Waals surface area contributed by atoms with Crippen LogP contribution in [0, 0.1) is 20.8 Å². The first-order valence-corrected chi connectivity index (χ1v) is 13.8. The van der Waals surface area contributed by atoms with Crippen LogP contribution in [0.1, 0.15) is 35.4 Å². The highest BCUT2D eigenvalue weighted by Crippen LogP contribution is 2.38. The molecule has 4 rings (SSSR count). The van der Waals surface area contributed by atoms with E-state index in [1.807, 2.05) is 13.8 Å². The first kappa shape index (κ1) is 25.0. The molecule has 0 aliphatic carbocycles. The number of fused-ring (bicyclic) bond motifs is 1. The minimum atomic E-state index is -4.10. The molecule has 1 atom stereocenters. The summed E-state index contributed by atoms with van der Waals surface area (Å²) in [5, 5.41) is 0.532. The van der Waals surface area contributed by atoms with Gasteiger partial charge in [-0.15, -0.1) is 0 Å². The molecule has 0 aliphatic heterocycles. The second kappa shape index (κ2) is 9.14. The summed E-state index contributed by atoms with van der Waals surface area (Å²) in [5.74, 6) is 0.511. The van der Waals surface area contributed by atoms with Gasteiger partial charge in [0, 0.05) is 16.6 Å². The Kier molecular flexibility index (Phi) is 6.52. The maximum atomic E-state index is 13.7. The molecule has 0 N–H and O–H groups in total. The van der Waals surface area contributed by atoms with Crippen molar-refractivity contribution in [2.75, 3.05) is 7.11 Å². The predicted octanol–water partition coefficient (Wildman–Crippen LogP) is 5.28. The summed E-state index contributed by atoms with van der Waals surface area (Å²) in [7, 11) is -6.56. The molecule has 184 valence electrons. The van der Waals surface area contributed by atoms with Crippen LogP contribution in [0.25, 0.3) is 10.9 Å². The molecule has 7 nitrogen and oxygen atoms in total. The third-order valence-electron chi connectivity index (χ3n) is 5.95. The fourth-order valence-corrected chi connectivity index (χ4v) is 6.78. The number of methoxy groups -OCH3 is 1. The number of ether oxygens (including phenoxy) is 1. The van der Waals surface area contributed by atoms with E-state index in [0.29, 0.717) is 27.9 Å². The molecule has 9 heteroatoms. The molecular formula is C26H27NO6S2. The Morgan fingerprint density at radius 1 is 0.771 bits per heavy atom. The van der Waals surface area contributed by atoms with E-state index in [2.05, 4.69) is 0 Å². The van der Waals surface area contributed by atoms with Crippen LogP contribution >= 0.6 is 0 Å². The summed E-state index contributed by atoms with van der Waals surface area (Å²) < 4.78 is 65.5. The van der Waals surface area contributed by atoms with E-state index in [9.17, 15) is 16.8 Å². The number of hydrogen-bond acceptors (Lipinski definition) is 6. The Hall–Kier alpha value is -3.14. The van der Waals surface area contributed by atoms with Gasteiger partial charge in [0.2, 0.25) is 0 Å². The van der Waals surface area contributed by atoms with Gasteiger partial charge in [0.1, 0.15) is 11.9 Å². The van der Waals surface area contributed by atoms with Gasteiger partial charge in [-0.05, 0) is 70.2 Å². The summed E-state index contributed by atoms with van der Waals surface area (Å²) in [6, 6.07) is 17.9. The third kappa shape index (κ3) is 4.59. The van der Waals surface area contributed by atoms with Crippen LogP contribution in [0.3, 0.4) is 0 Å². The van der Waals surface area contributed by atoms with E-state index in [1.165, 1.54) is 23.2 Å². The lowest BCUT2D eigenvalue weighted by molar-refractivity contribution is 0.234. The van der Waals surface area contributed by atoms with Crippen molar-refractivity contribution >= 4 is 31.0 Å². The van der Waals surface area contributed by atoms with Crippen molar-refractivity contribution in [3.05, 3.63) is 89.1 Å². The zero-order chi connectivity index (χ0) is 25.5. The summed E-state index contributed by atoms with van der Waals surface area (Å²) >= 11 is 0. The number of nitrogens with zero attached hydrogens (tertiary/aromatic N) is 1. The third-order valence-corrected chi connectivity index (χ3v) is 9.16. The standard InChI is InChI=1S/C26H27NO6S2/c1-17-6-11-22(12-7-17)34(28,29)27-19(3)26(24-16-21(32-5)10-15-25(24)27)20(4)33-35(30,31)23-13-8-18(2)9-14-23/h6-16,20H,1-5H3. The van der Waals surface area contributed by atoms with Gasteiger partial charge >= 0.3 is 0 Å². The lowest BCUT2D eigenvalue weighted by Crippen LogP contribution is -2.16. The van der Waals surface area contributed by atoms with Crippen molar-refractivity contribution in [1.29, 1.82) is 0 Å². The fourth-order valence-electron chi connectivity index (χ4n) is 4.16. The second-order valence-corrected chi connectivity index (χ2v) is 11.8. The van der Waals surface area contributed by atoms with E-state index < -0.39 is 26.2 Å². The normalized spacial score (nSPS) is 13.2. The van der Waals surface area contributed by atoms with Crippen LogP contribution in [0.5, 0.6) is 5.75 Å². The predicted molar refractivity (Wildman–Crippen MR) is 135 cm³/mol. The molecule has 3 aromatic carbocycles. The van der Waals surface area contributed by atoms with Gasteiger partial charge < -0.3 is 4.74 Å². The van der Waals surface area contributed by atoms with Gasteiger partial charge in [-0.2, -0.15) is 8.42 Å². The topological polar surface area (TPSA) is 91.7 Å². The number of aromatic nitrogens is 1. The van der Waals surface area contributed by atoms with Gasteiger partial charge in [-0.25, -0.2) is 12.4 Å². The monoisotopic (exact) mass is 513 g/mol. The lowest BCUT2D eigenvalue weighted by Gasteiger charge is -2.15. The Bertz CT molecular complexity index is 1600. The van der Waals surface area contributed by atoms with Gasteiger partial charge in [0.15, 0.2) is 0 Å². The van der Waals surface area contributed by atoms with Crippen molar-refractivity contribution in [2.24, 2.45) is 0 Å². The molecule has 0 fully saturated rings. The zero-order valence-electron chi connectivity index (χ0n) is 20.1. The quantitative estimate of drug-likeness (QED) is 0.312. The molecule has 0 amide bonds. The van der Waals surface area contributed by atoms with Crippen molar-refractivity contribution < 1.29 is 25.8 Å². The average Bonchev–Trinajstić information content (AvgIpc) is 3.10. The molecule has 0 saturated carbocycles. The average molecular weight is 514 g/mol. The van der Waals surface area contributed by atoms with Gasteiger partial charge in [-0.1, -0.05) is 35.4 Å². The van der Waals surface area contributed by atoms with Crippen molar-refractivity contribution in [3.63, 3.8) is 0 Å². The molecule has 0 saturated heterocycles. The summed E-state index contributed by atoms with van der Waals surface area (Å²) in [6.07, 6.45) is -0.967. The number of hydrogen-bond donors (Lipinski definition) is 0. The van der Waals surface area contributed by atoms with Crippen LogP contribution in [0.2, 0.25) is 0 Å². The molecule has 0 radical (unpaired) electrons. The largest absolute Gasteiger partial charge is 0.497 e. The molecular weight excluding hydrogens is 486 g/mol. The van der Waals surface area contributed by atoms with E-state index >= 15 is 0 Å². The van der Waals surface area contributed by atoms with Crippen LogP contribution in [0.4, 0.5) is 0 Å². The smallest absolute Gasteiger partial charge is 0.297 e. The molecule has 0 aliphatic rings. The fraction of sp³-hybridized carbons (Fsp3) is 0.231. The number of benzene rings is 3. The SMILES string of the molecule is COc1ccc2c(c1)c(C(C)OS(=O)(=O)c1ccc(C)cc1)c(C)n2S(=O)(=O)c1ccc(C)cc1. The molecule has 35 heavy (non-hydrogen) atoms. The minimum absolute atomic E-state index is 0.0289. The second-order valence-electron chi connectivity index (χ2n) is 8.47. The summed E-state index contributed by atoms with van der Waals surface area (Å²) in [4.78, 5) is 0.160. The first-order chi connectivity index (χ1) is 16.5. The van der Waals surface area contributed by atoms with E-state index in [4.69, 9.17) is 8.92 Å². The van der Waals surface area contributed by atoms with Gasteiger partial charge in [0.05, 0.1) is 22.4 Å². The summed E-state index contributed by atoms with van der Waals surface area (Å²) in [5.41, 5.74) is 3.07. The highest BCUT2D eigenvalue weighted by Gasteiger charge is 2.30. The Morgan fingerprint density at radius 3 is 1.86 bits per heavy atom.